The predicted molar refractivity (Wildman–Crippen MR) is 62.6 cm³/mol. The first-order chi connectivity index (χ1) is 6.84. The van der Waals surface area contributed by atoms with Gasteiger partial charge < -0.3 is 10.8 Å². The Morgan fingerprint density at radius 1 is 1.20 bits per heavy atom. The van der Waals surface area contributed by atoms with Crippen molar-refractivity contribution in [2.24, 2.45) is 23.5 Å². The summed E-state index contributed by atoms with van der Waals surface area (Å²) in [7, 11) is 0. The van der Waals surface area contributed by atoms with Crippen molar-refractivity contribution in [3.8, 4) is 0 Å². The zero-order valence-corrected chi connectivity index (χ0v) is 10.4. The summed E-state index contributed by atoms with van der Waals surface area (Å²) in [5, 5.41) is 8.65. The number of carbonyl (C=O) groups is 1. The van der Waals surface area contributed by atoms with Crippen molar-refractivity contribution < 1.29 is 9.90 Å². The van der Waals surface area contributed by atoms with E-state index in [-0.39, 0.29) is 18.4 Å². The zero-order chi connectivity index (χ0) is 12.0. The number of hydrogen-bond acceptors (Lipinski definition) is 2. The lowest BCUT2D eigenvalue weighted by atomic mass is 9.83. The van der Waals surface area contributed by atoms with Crippen LogP contribution in [0.3, 0.4) is 0 Å². The Balaban J connectivity index is 3.95. The summed E-state index contributed by atoms with van der Waals surface area (Å²) in [6, 6.07) is -0.218. The van der Waals surface area contributed by atoms with Gasteiger partial charge in [0, 0.05) is 6.04 Å². The number of hydrogen-bond donors (Lipinski definition) is 2. The van der Waals surface area contributed by atoms with E-state index < -0.39 is 5.97 Å². The summed E-state index contributed by atoms with van der Waals surface area (Å²) in [4.78, 5) is 10.5. The highest BCUT2D eigenvalue weighted by Crippen LogP contribution is 2.22. The molecule has 90 valence electrons. The molecule has 3 heteroatoms. The molecule has 0 rings (SSSR count). The molecule has 0 aromatic heterocycles. The molecule has 0 radical (unpaired) electrons. The maximum Gasteiger partial charge on any atom is 0.304 e. The second-order valence-corrected chi connectivity index (χ2v) is 5.07. The third kappa shape index (κ3) is 6.50. The molecule has 0 saturated carbocycles. The molecule has 0 bridgehead atoms. The molecule has 0 aliphatic carbocycles. The Kier molecular flexibility index (Phi) is 6.57. The maximum atomic E-state index is 10.5. The quantitative estimate of drug-likeness (QED) is 0.686. The molecule has 15 heavy (non-hydrogen) atoms. The maximum absolute atomic E-state index is 10.5. The van der Waals surface area contributed by atoms with Gasteiger partial charge in [-0.15, -0.1) is 0 Å². The van der Waals surface area contributed by atoms with Gasteiger partial charge in [0.2, 0.25) is 0 Å². The van der Waals surface area contributed by atoms with Crippen LogP contribution < -0.4 is 5.73 Å². The van der Waals surface area contributed by atoms with Gasteiger partial charge in [0.05, 0.1) is 6.42 Å². The number of aliphatic carboxylic acids is 1. The first kappa shape index (κ1) is 14.4. The highest BCUT2D eigenvalue weighted by Gasteiger charge is 2.21. The van der Waals surface area contributed by atoms with Crippen LogP contribution in [0.5, 0.6) is 0 Å². The average molecular weight is 215 g/mol. The average Bonchev–Trinajstić information content (AvgIpc) is 2.11. The van der Waals surface area contributed by atoms with Crippen LogP contribution in [-0.4, -0.2) is 17.1 Å². The Labute approximate surface area is 93.0 Å². The molecule has 0 spiro atoms. The summed E-state index contributed by atoms with van der Waals surface area (Å²) in [5.74, 6) is 0.683. The Morgan fingerprint density at radius 2 is 1.73 bits per heavy atom. The Hall–Kier alpha value is -0.570. The molecule has 0 amide bonds. The van der Waals surface area contributed by atoms with Crippen molar-refractivity contribution in [3.63, 3.8) is 0 Å². The number of rotatable bonds is 7. The van der Waals surface area contributed by atoms with Crippen molar-refractivity contribution in [2.75, 3.05) is 0 Å². The van der Waals surface area contributed by atoms with E-state index in [1.165, 1.54) is 6.42 Å². The zero-order valence-electron chi connectivity index (χ0n) is 10.4. The van der Waals surface area contributed by atoms with Gasteiger partial charge in [0.25, 0.3) is 0 Å². The van der Waals surface area contributed by atoms with E-state index in [1.807, 2.05) is 0 Å². The van der Waals surface area contributed by atoms with Crippen molar-refractivity contribution in [2.45, 2.75) is 53.0 Å². The third-order valence-corrected chi connectivity index (χ3v) is 3.18. The summed E-state index contributed by atoms with van der Waals surface area (Å²) < 4.78 is 0. The predicted octanol–water partition coefficient (Wildman–Crippen LogP) is 2.50. The molecule has 0 heterocycles. The van der Waals surface area contributed by atoms with Gasteiger partial charge >= 0.3 is 5.97 Å². The summed E-state index contributed by atoms with van der Waals surface area (Å²) in [6.07, 6.45) is 2.39. The molecule has 0 saturated heterocycles. The fourth-order valence-electron chi connectivity index (χ4n) is 1.67. The van der Waals surface area contributed by atoms with Crippen LogP contribution in [0.2, 0.25) is 0 Å². The molecule has 0 aliphatic heterocycles. The number of carboxylic acids is 1. The first-order valence-corrected chi connectivity index (χ1v) is 5.82. The van der Waals surface area contributed by atoms with E-state index in [9.17, 15) is 4.79 Å². The van der Waals surface area contributed by atoms with E-state index >= 15 is 0 Å². The largest absolute Gasteiger partial charge is 0.481 e. The number of nitrogens with two attached hydrogens (primary N) is 1. The fraction of sp³-hybridized carbons (Fsp3) is 0.917. The minimum atomic E-state index is -0.801. The first-order valence-electron chi connectivity index (χ1n) is 5.82. The standard InChI is InChI=1S/C12H25NO2/c1-8(2)5-6-9(3)10(4)11(13)7-12(14)15/h8-11H,5-7,13H2,1-4H3,(H,14,15). The van der Waals surface area contributed by atoms with Gasteiger partial charge in [-0.1, -0.05) is 40.5 Å². The molecular formula is C12H25NO2. The van der Waals surface area contributed by atoms with Gasteiger partial charge in [-0.05, 0) is 17.8 Å². The SMILES string of the molecule is CC(C)CCC(C)C(C)C(N)CC(=O)O. The summed E-state index contributed by atoms with van der Waals surface area (Å²) in [6.45, 7) is 8.62. The van der Waals surface area contributed by atoms with Gasteiger partial charge in [-0.2, -0.15) is 0 Å². The monoisotopic (exact) mass is 215 g/mol. The molecule has 3 N–H and O–H groups in total. The lowest BCUT2D eigenvalue weighted by Gasteiger charge is -2.25. The third-order valence-electron chi connectivity index (χ3n) is 3.18. The highest BCUT2D eigenvalue weighted by molar-refractivity contribution is 5.67. The minimum absolute atomic E-state index is 0.0766. The molecule has 3 atom stereocenters. The van der Waals surface area contributed by atoms with Crippen LogP contribution >= 0.6 is 0 Å². The van der Waals surface area contributed by atoms with E-state index in [4.69, 9.17) is 10.8 Å². The van der Waals surface area contributed by atoms with E-state index in [2.05, 4.69) is 27.7 Å². The molecule has 0 aliphatic rings. The second kappa shape index (κ2) is 6.83. The van der Waals surface area contributed by atoms with Crippen LogP contribution in [0.1, 0.15) is 47.0 Å². The van der Waals surface area contributed by atoms with Gasteiger partial charge in [-0.25, -0.2) is 0 Å². The molecule has 3 unspecified atom stereocenters. The van der Waals surface area contributed by atoms with Crippen molar-refractivity contribution >= 4 is 5.97 Å². The molecule has 0 aromatic rings. The molecular weight excluding hydrogens is 190 g/mol. The Morgan fingerprint density at radius 3 is 2.13 bits per heavy atom. The fourth-order valence-corrected chi connectivity index (χ4v) is 1.67. The number of carboxylic acid groups (broad SMARTS) is 1. The van der Waals surface area contributed by atoms with E-state index in [0.717, 1.165) is 6.42 Å². The molecule has 3 nitrogen and oxygen atoms in total. The van der Waals surface area contributed by atoms with Crippen molar-refractivity contribution in [3.05, 3.63) is 0 Å². The van der Waals surface area contributed by atoms with Gasteiger partial charge in [0.15, 0.2) is 0 Å². The van der Waals surface area contributed by atoms with Crippen molar-refractivity contribution in [1.29, 1.82) is 0 Å². The van der Waals surface area contributed by atoms with Crippen LogP contribution in [0.15, 0.2) is 0 Å². The molecule has 0 aromatic carbocycles. The minimum Gasteiger partial charge on any atom is -0.481 e. The normalized spacial score (nSPS) is 17.5. The van der Waals surface area contributed by atoms with Crippen LogP contribution in [0.25, 0.3) is 0 Å². The van der Waals surface area contributed by atoms with Crippen LogP contribution in [0, 0.1) is 17.8 Å². The lowest BCUT2D eigenvalue weighted by Crippen LogP contribution is -2.34. The highest BCUT2D eigenvalue weighted by atomic mass is 16.4. The summed E-state index contributed by atoms with van der Waals surface area (Å²) >= 11 is 0. The van der Waals surface area contributed by atoms with Crippen molar-refractivity contribution in [1.82, 2.24) is 0 Å². The van der Waals surface area contributed by atoms with E-state index in [0.29, 0.717) is 11.8 Å². The van der Waals surface area contributed by atoms with Gasteiger partial charge in [-0.3, -0.25) is 4.79 Å². The summed E-state index contributed by atoms with van der Waals surface area (Å²) in [5.41, 5.74) is 5.84. The van der Waals surface area contributed by atoms with Crippen LogP contribution in [0.4, 0.5) is 0 Å². The molecule has 0 fully saturated rings. The lowest BCUT2D eigenvalue weighted by molar-refractivity contribution is -0.137. The van der Waals surface area contributed by atoms with E-state index in [1.54, 1.807) is 0 Å². The second-order valence-electron chi connectivity index (χ2n) is 5.07. The smallest absolute Gasteiger partial charge is 0.304 e. The Bertz CT molecular complexity index is 192. The van der Waals surface area contributed by atoms with Crippen LogP contribution in [-0.2, 0) is 4.79 Å². The van der Waals surface area contributed by atoms with Gasteiger partial charge in [0.1, 0.15) is 0 Å². The topological polar surface area (TPSA) is 63.3 Å².